The molecule has 15 heteroatoms. The fourth-order valence-corrected chi connectivity index (χ4v) is 4.31. The minimum absolute atomic E-state index is 0.00403. The first-order valence-corrected chi connectivity index (χ1v) is 12.6. The zero-order valence-corrected chi connectivity index (χ0v) is 21.3. The molecular formula is C26H19F4N3O7S. The summed E-state index contributed by atoms with van der Waals surface area (Å²) in [4.78, 5) is 20.5. The Kier molecular flexibility index (Phi) is 8.82. The van der Waals surface area contributed by atoms with Crippen LogP contribution in [0.5, 0.6) is 11.5 Å². The maximum atomic E-state index is 13.1. The zero-order valence-electron chi connectivity index (χ0n) is 20.4. The van der Waals surface area contributed by atoms with Crippen molar-refractivity contribution in [2.75, 3.05) is 4.72 Å². The van der Waals surface area contributed by atoms with Gasteiger partial charge >= 0.3 is 18.1 Å². The third-order valence-electron chi connectivity index (χ3n) is 5.18. The number of aliphatic carboxylic acids is 1. The Morgan fingerprint density at radius 3 is 2.02 bits per heavy atom. The van der Waals surface area contributed by atoms with E-state index in [1.54, 1.807) is 36.4 Å². The second kappa shape index (κ2) is 11.9. The first-order valence-electron chi connectivity index (χ1n) is 11.1. The minimum atomic E-state index is -5.08. The van der Waals surface area contributed by atoms with Gasteiger partial charge in [-0.25, -0.2) is 22.4 Å². The van der Waals surface area contributed by atoms with Gasteiger partial charge in [-0.05, 0) is 71.4 Å². The van der Waals surface area contributed by atoms with Crippen molar-refractivity contribution in [1.82, 2.24) is 0 Å². The van der Waals surface area contributed by atoms with Crippen molar-refractivity contribution in [3.05, 3.63) is 95.8 Å². The second-order valence-corrected chi connectivity index (χ2v) is 9.80. The highest BCUT2D eigenvalue weighted by Gasteiger charge is 2.38. The molecule has 41 heavy (non-hydrogen) atoms. The van der Waals surface area contributed by atoms with Crippen LogP contribution in [-0.4, -0.2) is 42.6 Å². The lowest BCUT2D eigenvalue weighted by molar-refractivity contribution is -0.192. The van der Waals surface area contributed by atoms with Crippen LogP contribution in [0.1, 0.15) is 15.9 Å². The van der Waals surface area contributed by atoms with Crippen molar-refractivity contribution in [3.8, 4) is 11.5 Å². The highest BCUT2D eigenvalue weighted by molar-refractivity contribution is 7.92. The van der Waals surface area contributed by atoms with Crippen LogP contribution in [0.3, 0.4) is 0 Å². The van der Waals surface area contributed by atoms with Gasteiger partial charge in [-0.1, -0.05) is 18.2 Å². The Morgan fingerprint density at radius 2 is 1.46 bits per heavy atom. The number of anilines is 1. The molecule has 0 spiro atoms. The predicted octanol–water partition coefficient (Wildman–Crippen LogP) is 5.19. The molecule has 0 aliphatic heterocycles. The van der Waals surface area contributed by atoms with Gasteiger partial charge in [-0.2, -0.15) is 13.2 Å². The molecular weight excluding hydrogens is 574 g/mol. The molecule has 0 saturated carbocycles. The number of fused-ring (bicyclic) bond motifs is 1. The van der Waals surface area contributed by atoms with E-state index in [1.807, 2.05) is 0 Å². The van der Waals surface area contributed by atoms with Gasteiger partial charge < -0.3 is 20.7 Å². The van der Waals surface area contributed by atoms with E-state index in [-0.39, 0.29) is 27.7 Å². The molecule has 0 unspecified atom stereocenters. The summed E-state index contributed by atoms with van der Waals surface area (Å²) < 4.78 is 77.9. The standard InChI is InChI=1S/C24H18FN3O5S.C2HF3O2/c25-17-4-8-20(9-5-17)34(31,32)28-18-6-10-22(21(13-18)24(29)30)33-19-7-3-14-11-16(23(26)27)2-1-15(14)12-19;3-2(4,5)1(6)7/h1-13,28H,(H3,26,27)(H,29,30);(H,6,7). The number of nitrogens with one attached hydrogen (secondary N) is 2. The number of sulfonamides is 1. The third-order valence-corrected chi connectivity index (χ3v) is 6.58. The zero-order chi connectivity index (χ0) is 30.5. The summed E-state index contributed by atoms with van der Waals surface area (Å²) >= 11 is 0. The Morgan fingerprint density at radius 1 is 0.878 bits per heavy atom. The van der Waals surface area contributed by atoms with Crippen LogP contribution in [0.2, 0.25) is 0 Å². The second-order valence-electron chi connectivity index (χ2n) is 8.12. The summed E-state index contributed by atoms with van der Waals surface area (Å²) in [6.07, 6.45) is -5.08. The van der Waals surface area contributed by atoms with Crippen molar-refractivity contribution < 1.29 is 50.5 Å². The molecule has 0 aromatic heterocycles. The molecule has 6 N–H and O–H groups in total. The number of halogens is 4. The largest absolute Gasteiger partial charge is 0.490 e. The fraction of sp³-hybridized carbons (Fsp3) is 0.0385. The van der Waals surface area contributed by atoms with E-state index in [1.165, 1.54) is 12.1 Å². The lowest BCUT2D eigenvalue weighted by Gasteiger charge is -2.13. The summed E-state index contributed by atoms with van der Waals surface area (Å²) in [6.45, 7) is 0. The molecule has 10 nitrogen and oxygen atoms in total. The normalized spacial score (nSPS) is 11.2. The van der Waals surface area contributed by atoms with Crippen LogP contribution < -0.4 is 15.2 Å². The SMILES string of the molecule is N=C(N)c1ccc2cc(Oc3ccc(NS(=O)(=O)c4ccc(F)cc4)cc3C(=O)O)ccc2c1.O=C(O)C(F)(F)F. The van der Waals surface area contributed by atoms with Gasteiger partial charge in [-0.15, -0.1) is 0 Å². The molecule has 0 radical (unpaired) electrons. The third kappa shape index (κ3) is 7.92. The summed E-state index contributed by atoms with van der Waals surface area (Å²) in [5.74, 6) is -4.33. The van der Waals surface area contributed by atoms with E-state index in [9.17, 15) is 35.9 Å². The molecule has 0 amide bonds. The molecule has 0 aliphatic carbocycles. The average molecular weight is 594 g/mol. The van der Waals surface area contributed by atoms with E-state index in [0.29, 0.717) is 11.3 Å². The fourth-order valence-electron chi connectivity index (χ4n) is 3.26. The van der Waals surface area contributed by atoms with Crippen LogP contribution in [0.4, 0.5) is 23.2 Å². The summed E-state index contributed by atoms with van der Waals surface area (Å²) in [5, 5.41) is 25.9. The number of ether oxygens (including phenoxy) is 1. The molecule has 0 bridgehead atoms. The smallest absolute Gasteiger partial charge is 0.478 e. The summed E-state index contributed by atoms with van der Waals surface area (Å²) in [6, 6.07) is 18.4. The van der Waals surface area contributed by atoms with Gasteiger partial charge in [0.2, 0.25) is 0 Å². The number of carbonyl (C=O) groups is 2. The lowest BCUT2D eigenvalue weighted by Crippen LogP contribution is -2.21. The van der Waals surface area contributed by atoms with Crippen LogP contribution in [0, 0.1) is 11.2 Å². The van der Waals surface area contributed by atoms with Gasteiger partial charge in [0.05, 0.1) is 4.90 Å². The van der Waals surface area contributed by atoms with Crippen molar-refractivity contribution in [2.45, 2.75) is 11.1 Å². The number of nitrogen functional groups attached to an aromatic ring is 1. The van der Waals surface area contributed by atoms with Crippen LogP contribution >= 0.6 is 0 Å². The first-order chi connectivity index (χ1) is 19.1. The number of hydrogen-bond acceptors (Lipinski definition) is 6. The maximum Gasteiger partial charge on any atom is 0.490 e. The molecule has 0 fully saturated rings. The molecule has 4 rings (SSSR count). The topological polar surface area (TPSA) is 180 Å². The van der Waals surface area contributed by atoms with Crippen LogP contribution in [0.15, 0.2) is 83.8 Å². The minimum Gasteiger partial charge on any atom is -0.478 e. The quantitative estimate of drug-likeness (QED) is 0.110. The lowest BCUT2D eigenvalue weighted by atomic mass is 10.1. The van der Waals surface area contributed by atoms with Crippen molar-refractivity contribution in [3.63, 3.8) is 0 Å². The average Bonchev–Trinajstić information content (AvgIpc) is 2.89. The number of aromatic carboxylic acids is 1. The van der Waals surface area contributed by atoms with E-state index in [2.05, 4.69) is 4.72 Å². The van der Waals surface area contributed by atoms with Crippen LogP contribution in [0.25, 0.3) is 10.8 Å². The predicted molar refractivity (Wildman–Crippen MR) is 139 cm³/mol. The molecule has 0 heterocycles. The van der Waals surface area contributed by atoms with E-state index < -0.39 is 34.0 Å². The van der Waals surface area contributed by atoms with Crippen molar-refractivity contribution >= 4 is 44.3 Å². The number of nitrogens with two attached hydrogens (primary N) is 1. The number of benzene rings is 4. The first kappa shape index (κ1) is 30.4. The van der Waals surface area contributed by atoms with Gasteiger partial charge in [0.25, 0.3) is 10.0 Å². The van der Waals surface area contributed by atoms with E-state index in [4.69, 9.17) is 25.8 Å². The number of hydrogen-bond donors (Lipinski definition) is 5. The van der Waals surface area contributed by atoms with Crippen molar-refractivity contribution in [2.24, 2.45) is 5.73 Å². The molecule has 4 aromatic rings. The molecule has 4 aromatic carbocycles. The van der Waals surface area contributed by atoms with E-state index >= 15 is 0 Å². The van der Waals surface area contributed by atoms with Crippen molar-refractivity contribution in [1.29, 1.82) is 5.41 Å². The monoisotopic (exact) mass is 593 g/mol. The van der Waals surface area contributed by atoms with Crippen LogP contribution in [-0.2, 0) is 14.8 Å². The number of amidine groups is 1. The van der Waals surface area contributed by atoms with Gasteiger partial charge in [0.15, 0.2) is 0 Å². The number of carboxylic acid groups (broad SMARTS) is 2. The summed E-state index contributed by atoms with van der Waals surface area (Å²) in [7, 11) is -4.05. The molecule has 0 aliphatic rings. The van der Waals surface area contributed by atoms with E-state index in [0.717, 1.165) is 41.1 Å². The molecule has 0 atom stereocenters. The highest BCUT2D eigenvalue weighted by Crippen LogP contribution is 2.31. The highest BCUT2D eigenvalue weighted by atomic mass is 32.2. The van der Waals surface area contributed by atoms with Gasteiger partial charge in [0.1, 0.15) is 28.7 Å². The summed E-state index contributed by atoms with van der Waals surface area (Å²) in [5.41, 5.74) is 5.84. The Labute approximate surface area is 229 Å². The number of carboxylic acids is 2. The maximum absolute atomic E-state index is 13.1. The van der Waals surface area contributed by atoms with Gasteiger partial charge in [0, 0.05) is 11.3 Å². The number of rotatable bonds is 7. The van der Waals surface area contributed by atoms with Gasteiger partial charge in [-0.3, -0.25) is 10.1 Å². The Bertz CT molecular complexity index is 1740. The Hall–Kier alpha value is -5.18. The Balaban J connectivity index is 0.000000587. The molecule has 0 saturated heterocycles. The number of alkyl halides is 3. The molecule has 214 valence electrons.